The van der Waals surface area contributed by atoms with Crippen LogP contribution < -0.4 is 5.32 Å². The summed E-state index contributed by atoms with van der Waals surface area (Å²) in [6, 6.07) is 7.32. The Morgan fingerprint density at radius 1 is 1.25 bits per heavy atom. The van der Waals surface area contributed by atoms with Crippen LogP contribution >= 0.6 is 0 Å². The molecule has 24 heavy (non-hydrogen) atoms. The van der Waals surface area contributed by atoms with Crippen molar-refractivity contribution in [3.05, 3.63) is 42.4 Å². The zero-order valence-corrected chi connectivity index (χ0v) is 14.1. The molecule has 1 aromatic carbocycles. The van der Waals surface area contributed by atoms with Crippen LogP contribution in [0, 0.1) is 0 Å². The minimum atomic E-state index is -0.0616. The topological polar surface area (TPSA) is 67.6 Å². The highest BCUT2D eigenvalue weighted by Crippen LogP contribution is 2.18. The molecule has 6 heteroatoms. The van der Waals surface area contributed by atoms with Crippen LogP contribution in [0.3, 0.4) is 0 Å². The Balaban J connectivity index is 1.48. The SMILES string of the molecule is C[C@H]1CN(CCNC(=O)c2ccc(-c3cnco3)cc2)C[C@H](C)O1. The van der Waals surface area contributed by atoms with Gasteiger partial charge >= 0.3 is 0 Å². The summed E-state index contributed by atoms with van der Waals surface area (Å²) in [5.74, 6) is 0.631. The van der Waals surface area contributed by atoms with Crippen LogP contribution in [0.2, 0.25) is 0 Å². The average molecular weight is 329 g/mol. The predicted octanol–water partition coefficient (Wildman–Crippen LogP) is 2.18. The Morgan fingerprint density at radius 3 is 2.58 bits per heavy atom. The molecule has 0 saturated carbocycles. The van der Waals surface area contributed by atoms with E-state index in [1.165, 1.54) is 6.39 Å². The van der Waals surface area contributed by atoms with Gasteiger partial charge in [0.25, 0.3) is 5.91 Å². The van der Waals surface area contributed by atoms with E-state index in [2.05, 4.69) is 29.0 Å². The standard InChI is InChI=1S/C18H23N3O3/c1-13-10-21(11-14(2)24-13)8-7-20-18(22)16-5-3-15(4-6-16)17-9-19-12-23-17/h3-6,9,12-14H,7-8,10-11H2,1-2H3,(H,20,22)/t13-,14-/m0/s1. The highest BCUT2D eigenvalue weighted by atomic mass is 16.5. The third kappa shape index (κ3) is 4.21. The number of carbonyl (C=O) groups excluding carboxylic acids is 1. The van der Waals surface area contributed by atoms with Crippen LogP contribution in [0.15, 0.2) is 41.3 Å². The minimum Gasteiger partial charge on any atom is -0.444 e. The third-order valence-electron chi connectivity index (χ3n) is 4.07. The molecule has 0 radical (unpaired) electrons. The molecule has 1 aromatic heterocycles. The molecule has 1 N–H and O–H groups in total. The zero-order chi connectivity index (χ0) is 16.9. The van der Waals surface area contributed by atoms with E-state index in [-0.39, 0.29) is 18.1 Å². The van der Waals surface area contributed by atoms with E-state index in [4.69, 9.17) is 9.15 Å². The molecule has 3 rings (SSSR count). The van der Waals surface area contributed by atoms with Gasteiger partial charge in [0.05, 0.1) is 18.4 Å². The number of nitrogens with zero attached hydrogens (tertiary/aromatic N) is 2. The van der Waals surface area contributed by atoms with Gasteiger partial charge in [-0.3, -0.25) is 9.69 Å². The number of amides is 1. The van der Waals surface area contributed by atoms with E-state index in [9.17, 15) is 4.79 Å². The first kappa shape index (κ1) is 16.7. The second-order valence-corrected chi connectivity index (χ2v) is 6.22. The number of ether oxygens (including phenoxy) is 1. The molecule has 1 aliphatic rings. The third-order valence-corrected chi connectivity index (χ3v) is 4.07. The number of morpholine rings is 1. The van der Waals surface area contributed by atoms with Gasteiger partial charge < -0.3 is 14.5 Å². The lowest BCUT2D eigenvalue weighted by Gasteiger charge is -2.35. The van der Waals surface area contributed by atoms with Gasteiger partial charge in [0.1, 0.15) is 0 Å². The van der Waals surface area contributed by atoms with Gasteiger partial charge in [-0.25, -0.2) is 4.98 Å². The molecule has 0 bridgehead atoms. The highest BCUT2D eigenvalue weighted by molar-refractivity contribution is 5.94. The number of hydrogen-bond donors (Lipinski definition) is 1. The van der Waals surface area contributed by atoms with Crippen LogP contribution in [-0.4, -0.2) is 54.2 Å². The van der Waals surface area contributed by atoms with Crippen molar-refractivity contribution in [2.24, 2.45) is 0 Å². The van der Waals surface area contributed by atoms with Crippen molar-refractivity contribution < 1.29 is 13.9 Å². The predicted molar refractivity (Wildman–Crippen MR) is 90.7 cm³/mol. The van der Waals surface area contributed by atoms with Crippen molar-refractivity contribution in [2.45, 2.75) is 26.1 Å². The number of oxazole rings is 1. The molecule has 1 fully saturated rings. The molecule has 0 spiro atoms. The Morgan fingerprint density at radius 2 is 1.96 bits per heavy atom. The van der Waals surface area contributed by atoms with Crippen molar-refractivity contribution >= 4 is 5.91 Å². The molecule has 1 saturated heterocycles. The number of rotatable bonds is 5. The van der Waals surface area contributed by atoms with Crippen molar-refractivity contribution in [1.82, 2.24) is 15.2 Å². The summed E-state index contributed by atoms with van der Waals surface area (Å²) in [6.45, 7) is 7.44. The molecular formula is C18H23N3O3. The maximum Gasteiger partial charge on any atom is 0.251 e. The molecule has 1 aliphatic heterocycles. The molecule has 128 valence electrons. The second-order valence-electron chi connectivity index (χ2n) is 6.22. The molecule has 6 nitrogen and oxygen atoms in total. The summed E-state index contributed by atoms with van der Waals surface area (Å²) in [6.07, 6.45) is 3.53. The van der Waals surface area contributed by atoms with Crippen LogP contribution in [0.1, 0.15) is 24.2 Å². The summed E-state index contributed by atoms with van der Waals surface area (Å²) in [7, 11) is 0. The second kappa shape index (κ2) is 7.59. The van der Waals surface area contributed by atoms with Gasteiger partial charge in [-0.05, 0) is 26.0 Å². The Labute approximate surface area is 141 Å². The number of hydrogen-bond acceptors (Lipinski definition) is 5. The maximum absolute atomic E-state index is 12.2. The van der Waals surface area contributed by atoms with Gasteiger partial charge in [-0.1, -0.05) is 12.1 Å². The fraction of sp³-hybridized carbons (Fsp3) is 0.444. The summed E-state index contributed by atoms with van der Waals surface area (Å²) < 4.78 is 11.0. The van der Waals surface area contributed by atoms with Crippen molar-refractivity contribution in [3.8, 4) is 11.3 Å². The number of aromatic nitrogens is 1. The van der Waals surface area contributed by atoms with Crippen LogP contribution in [0.25, 0.3) is 11.3 Å². The lowest BCUT2D eigenvalue weighted by molar-refractivity contribution is -0.0672. The molecular weight excluding hydrogens is 306 g/mol. The highest BCUT2D eigenvalue weighted by Gasteiger charge is 2.21. The van der Waals surface area contributed by atoms with Gasteiger partial charge in [0.2, 0.25) is 0 Å². The Hall–Kier alpha value is -2.18. The van der Waals surface area contributed by atoms with Crippen molar-refractivity contribution in [2.75, 3.05) is 26.2 Å². The van der Waals surface area contributed by atoms with Crippen molar-refractivity contribution in [3.63, 3.8) is 0 Å². The Bertz CT molecular complexity index is 645. The van der Waals surface area contributed by atoms with E-state index in [1.54, 1.807) is 18.3 Å². The normalized spacial score (nSPS) is 21.6. The summed E-state index contributed by atoms with van der Waals surface area (Å²) in [4.78, 5) is 18.4. The fourth-order valence-electron chi connectivity index (χ4n) is 3.04. The molecule has 2 aromatic rings. The molecule has 2 heterocycles. The Kier molecular flexibility index (Phi) is 5.27. The molecule has 0 unspecified atom stereocenters. The first-order valence-electron chi connectivity index (χ1n) is 8.27. The monoisotopic (exact) mass is 329 g/mol. The average Bonchev–Trinajstić information content (AvgIpc) is 3.08. The zero-order valence-electron chi connectivity index (χ0n) is 14.1. The van der Waals surface area contributed by atoms with E-state index < -0.39 is 0 Å². The van der Waals surface area contributed by atoms with Crippen LogP contribution in [0.4, 0.5) is 0 Å². The smallest absolute Gasteiger partial charge is 0.251 e. The largest absolute Gasteiger partial charge is 0.444 e. The van der Waals surface area contributed by atoms with E-state index in [1.807, 2.05) is 12.1 Å². The van der Waals surface area contributed by atoms with Crippen LogP contribution in [-0.2, 0) is 4.74 Å². The van der Waals surface area contributed by atoms with E-state index in [0.29, 0.717) is 17.9 Å². The summed E-state index contributed by atoms with van der Waals surface area (Å²) in [5, 5.41) is 2.97. The first-order chi connectivity index (χ1) is 11.6. The number of benzene rings is 1. The lowest BCUT2D eigenvalue weighted by atomic mass is 10.1. The van der Waals surface area contributed by atoms with E-state index >= 15 is 0 Å². The minimum absolute atomic E-state index is 0.0616. The number of carbonyl (C=O) groups is 1. The molecule has 1 amide bonds. The van der Waals surface area contributed by atoms with E-state index in [0.717, 1.165) is 25.2 Å². The van der Waals surface area contributed by atoms with Gasteiger partial charge in [-0.2, -0.15) is 0 Å². The molecule has 0 aliphatic carbocycles. The van der Waals surface area contributed by atoms with Gasteiger partial charge in [0.15, 0.2) is 12.2 Å². The van der Waals surface area contributed by atoms with Gasteiger partial charge in [0, 0.05) is 37.3 Å². The van der Waals surface area contributed by atoms with Crippen molar-refractivity contribution in [1.29, 1.82) is 0 Å². The summed E-state index contributed by atoms with van der Waals surface area (Å²) >= 11 is 0. The lowest BCUT2D eigenvalue weighted by Crippen LogP contribution is -2.47. The summed E-state index contributed by atoms with van der Waals surface area (Å²) in [5.41, 5.74) is 1.54. The molecule has 2 atom stereocenters. The quantitative estimate of drug-likeness (QED) is 0.911. The van der Waals surface area contributed by atoms with Crippen LogP contribution in [0.5, 0.6) is 0 Å². The first-order valence-corrected chi connectivity index (χ1v) is 8.27. The number of nitrogens with one attached hydrogen (secondary N) is 1. The van der Waals surface area contributed by atoms with Gasteiger partial charge in [-0.15, -0.1) is 0 Å². The fourth-order valence-corrected chi connectivity index (χ4v) is 3.04. The maximum atomic E-state index is 12.2.